The van der Waals surface area contributed by atoms with Crippen LogP contribution in [0, 0.1) is 0 Å². The zero-order valence-corrected chi connectivity index (χ0v) is 19.1. The first-order chi connectivity index (χ1) is 16.4. The van der Waals surface area contributed by atoms with Gasteiger partial charge in [0.05, 0.1) is 0 Å². The maximum absolute atomic E-state index is 12.9. The van der Waals surface area contributed by atoms with Crippen LogP contribution in [0.5, 0.6) is 0 Å². The number of hydrogen-bond donors (Lipinski definition) is 1. The smallest absolute Gasteiger partial charge is 0.306 e. The van der Waals surface area contributed by atoms with Gasteiger partial charge in [-0.2, -0.15) is 0 Å². The minimum Gasteiger partial charge on any atom is -0.456 e. The first-order valence-corrected chi connectivity index (χ1v) is 11.4. The van der Waals surface area contributed by atoms with Gasteiger partial charge >= 0.3 is 5.97 Å². The van der Waals surface area contributed by atoms with E-state index in [1.165, 1.54) is 0 Å². The van der Waals surface area contributed by atoms with Crippen LogP contribution < -0.4 is 5.32 Å². The number of nitrogens with one attached hydrogen (secondary N) is 1. The van der Waals surface area contributed by atoms with Gasteiger partial charge < -0.3 is 10.1 Å². The minimum atomic E-state index is -0.563. The number of esters is 1. The second-order valence-corrected chi connectivity index (χ2v) is 8.40. The molecule has 0 fully saturated rings. The van der Waals surface area contributed by atoms with Crippen LogP contribution in [0.15, 0.2) is 60.7 Å². The Morgan fingerprint density at radius 3 is 2.21 bits per heavy atom. The highest BCUT2D eigenvalue weighted by Gasteiger charge is 2.32. The summed E-state index contributed by atoms with van der Waals surface area (Å²) in [5.74, 6) is -1.70. The molecule has 1 heterocycles. The topological polar surface area (TPSA) is 92.8 Å². The van der Waals surface area contributed by atoms with Crippen molar-refractivity contribution in [1.82, 2.24) is 10.2 Å². The van der Waals surface area contributed by atoms with Crippen molar-refractivity contribution < 1.29 is 23.9 Å². The van der Waals surface area contributed by atoms with Crippen LogP contribution in [0.1, 0.15) is 39.1 Å². The van der Waals surface area contributed by atoms with Crippen molar-refractivity contribution in [2.75, 3.05) is 19.7 Å². The lowest BCUT2D eigenvalue weighted by molar-refractivity contribution is -0.148. The van der Waals surface area contributed by atoms with E-state index >= 15 is 0 Å². The molecule has 8 heteroatoms. The normalized spacial score (nSPS) is 12.7. The van der Waals surface area contributed by atoms with E-state index in [0.29, 0.717) is 34.5 Å². The highest BCUT2D eigenvalue weighted by molar-refractivity contribution is 6.30. The molecule has 1 aliphatic heterocycles. The SMILES string of the molecule is O=C(COC(=O)CCCN1C(=O)c2cccc3cccc(c23)C1=O)NCCc1ccc(Cl)cc1. The van der Waals surface area contributed by atoms with Gasteiger partial charge in [0.15, 0.2) is 6.61 Å². The third kappa shape index (κ3) is 5.26. The molecule has 0 bridgehead atoms. The molecule has 0 radical (unpaired) electrons. The zero-order valence-electron chi connectivity index (χ0n) is 18.4. The number of nitrogens with zero attached hydrogens (tertiary/aromatic N) is 1. The van der Waals surface area contributed by atoms with E-state index in [1.807, 2.05) is 24.3 Å². The number of rotatable bonds is 9. The fraction of sp³-hybridized carbons (Fsp3) is 0.231. The fourth-order valence-electron chi connectivity index (χ4n) is 3.93. The number of imide groups is 1. The lowest BCUT2D eigenvalue weighted by Crippen LogP contribution is -2.41. The molecule has 0 saturated carbocycles. The Bertz CT molecular complexity index is 1210. The van der Waals surface area contributed by atoms with Gasteiger partial charge in [-0.1, -0.05) is 48.0 Å². The Kier molecular flexibility index (Phi) is 7.23. The molecule has 174 valence electrons. The van der Waals surface area contributed by atoms with Gasteiger partial charge in [-0.05, 0) is 48.1 Å². The summed E-state index contributed by atoms with van der Waals surface area (Å²) in [4.78, 5) is 50.8. The maximum Gasteiger partial charge on any atom is 0.306 e. The van der Waals surface area contributed by atoms with Gasteiger partial charge in [0.2, 0.25) is 0 Å². The molecular formula is C26H23ClN2O5. The number of carbonyl (C=O) groups is 4. The standard InChI is InChI=1S/C26H23ClN2O5/c27-19-11-9-17(10-12-19)13-14-28-22(30)16-34-23(31)8-3-15-29-25(32)20-6-1-4-18-5-2-7-21(24(18)20)26(29)33/h1-2,4-7,9-12H,3,8,13-16H2,(H,28,30). The summed E-state index contributed by atoms with van der Waals surface area (Å²) in [6, 6.07) is 18.0. The summed E-state index contributed by atoms with van der Waals surface area (Å²) in [6.45, 7) is 0.118. The quantitative estimate of drug-likeness (QED) is 0.373. The van der Waals surface area contributed by atoms with Crippen LogP contribution in [0.2, 0.25) is 5.02 Å². The molecule has 3 amide bonds. The van der Waals surface area contributed by atoms with Crippen LogP contribution in [0.3, 0.4) is 0 Å². The molecule has 0 aromatic heterocycles. The van der Waals surface area contributed by atoms with E-state index in [-0.39, 0.29) is 37.8 Å². The van der Waals surface area contributed by atoms with Gasteiger partial charge in [0.25, 0.3) is 17.7 Å². The second-order valence-electron chi connectivity index (χ2n) is 7.96. The molecule has 4 rings (SSSR count). The van der Waals surface area contributed by atoms with Gasteiger partial charge in [0, 0.05) is 41.0 Å². The predicted octanol–water partition coefficient (Wildman–Crippen LogP) is 3.77. The monoisotopic (exact) mass is 478 g/mol. The maximum atomic E-state index is 12.9. The molecule has 7 nitrogen and oxygen atoms in total. The van der Waals surface area contributed by atoms with Crippen molar-refractivity contribution in [1.29, 1.82) is 0 Å². The molecule has 34 heavy (non-hydrogen) atoms. The van der Waals surface area contributed by atoms with Crippen molar-refractivity contribution in [3.05, 3.63) is 82.4 Å². The summed E-state index contributed by atoms with van der Waals surface area (Å²) in [5, 5.41) is 4.85. The average Bonchev–Trinajstić information content (AvgIpc) is 2.84. The summed E-state index contributed by atoms with van der Waals surface area (Å²) >= 11 is 5.84. The van der Waals surface area contributed by atoms with Crippen molar-refractivity contribution in [2.45, 2.75) is 19.3 Å². The van der Waals surface area contributed by atoms with Crippen LogP contribution in [0.4, 0.5) is 0 Å². The van der Waals surface area contributed by atoms with E-state index in [9.17, 15) is 19.2 Å². The molecule has 3 aromatic rings. The van der Waals surface area contributed by atoms with Crippen LogP contribution in [-0.2, 0) is 20.7 Å². The van der Waals surface area contributed by atoms with Crippen LogP contribution in [0.25, 0.3) is 10.8 Å². The predicted molar refractivity (Wildman–Crippen MR) is 128 cm³/mol. The molecule has 0 unspecified atom stereocenters. The van der Waals surface area contributed by atoms with Crippen molar-refractivity contribution in [2.24, 2.45) is 0 Å². The second kappa shape index (κ2) is 10.5. The number of ether oxygens (including phenoxy) is 1. The number of carbonyl (C=O) groups excluding carboxylic acids is 4. The third-order valence-electron chi connectivity index (χ3n) is 5.63. The molecule has 3 aromatic carbocycles. The summed E-state index contributed by atoms with van der Waals surface area (Å²) < 4.78 is 5.01. The Morgan fingerprint density at radius 1 is 0.912 bits per heavy atom. The minimum absolute atomic E-state index is 0.0129. The molecule has 0 aliphatic carbocycles. The van der Waals surface area contributed by atoms with Crippen LogP contribution in [-0.4, -0.2) is 48.3 Å². The van der Waals surface area contributed by atoms with Crippen molar-refractivity contribution in [3.63, 3.8) is 0 Å². The van der Waals surface area contributed by atoms with E-state index in [2.05, 4.69) is 5.32 Å². The first kappa shape index (κ1) is 23.4. The van der Waals surface area contributed by atoms with E-state index in [0.717, 1.165) is 15.8 Å². The molecular weight excluding hydrogens is 456 g/mol. The highest BCUT2D eigenvalue weighted by atomic mass is 35.5. The molecule has 1 N–H and O–H groups in total. The molecule has 0 saturated heterocycles. The number of benzene rings is 3. The molecule has 0 atom stereocenters. The van der Waals surface area contributed by atoms with Crippen LogP contribution >= 0.6 is 11.6 Å². The van der Waals surface area contributed by atoms with E-state index in [4.69, 9.17) is 16.3 Å². The zero-order chi connectivity index (χ0) is 24.1. The van der Waals surface area contributed by atoms with Gasteiger partial charge in [-0.25, -0.2) is 0 Å². The molecule has 0 spiro atoms. The Morgan fingerprint density at radius 2 is 1.56 bits per heavy atom. The van der Waals surface area contributed by atoms with Crippen molar-refractivity contribution in [3.8, 4) is 0 Å². The summed E-state index contributed by atoms with van der Waals surface area (Å²) in [6.07, 6.45) is 0.860. The van der Waals surface area contributed by atoms with E-state index < -0.39 is 11.9 Å². The van der Waals surface area contributed by atoms with Gasteiger partial charge in [-0.3, -0.25) is 24.1 Å². The average molecular weight is 479 g/mol. The highest BCUT2D eigenvalue weighted by Crippen LogP contribution is 2.30. The summed E-state index contributed by atoms with van der Waals surface area (Å²) in [7, 11) is 0. The number of halogens is 1. The Hall–Kier alpha value is -3.71. The van der Waals surface area contributed by atoms with Crippen molar-refractivity contribution >= 4 is 46.1 Å². The first-order valence-electron chi connectivity index (χ1n) is 11.0. The summed E-state index contributed by atoms with van der Waals surface area (Å²) in [5.41, 5.74) is 1.98. The number of hydrogen-bond acceptors (Lipinski definition) is 5. The van der Waals surface area contributed by atoms with Gasteiger partial charge in [0.1, 0.15) is 0 Å². The largest absolute Gasteiger partial charge is 0.456 e. The molecule has 1 aliphatic rings. The number of amides is 3. The lowest BCUT2D eigenvalue weighted by Gasteiger charge is -2.27. The van der Waals surface area contributed by atoms with Gasteiger partial charge in [-0.15, -0.1) is 0 Å². The fourth-order valence-corrected chi connectivity index (χ4v) is 4.06. The van der Waals surface area contributed by atoms with E-state index in [1.54, 1.807) is 36.4 Å². The Balaban J connectivity index is 1.20. The lowest BCUT2D eigenvalue weighted by atomic mass is 9.94. The third-order valence-corrected chi connectivity index (χ3v) is 5.88. The Labute approximate surface area is 201 Å².